The quantitative estimate of drug-likeness (QED) is 0.416. The Morgan fingerprint density at radius 3 is 1.97 bits per heavy atom. The molecule has 172 valence electrons. The molecule has 0 bridgehead atoms. The number of carbonyl (C=O) groups excluding carboxylic acids is 1. The maximum Gasteiger partial charge on any atom is 0.305 e. The summed E-state index contributed by atoms with van der Waals surface area (Å²) < 4.78 is 10.9. The average molecular weight is 488 g/mol. The third-order valence-electron chi connectivity index (χ3n) is 5.10. The van der Waals surface area contributed by atoms with Gasteiger partial charge in [-0.3, -0.25) is 9.59 Å². The van der Waals surface area contributed by atoms with Crippen molar-refractivity contribution in [3.8, 4) is 22.6 Å². The fourth-order valence-electron chi connectivity index (χ4n) is 3.59. The van der Waals surface area contributed by atoms with Crippen LogP contribution in [0.1, 0.15) is 22.3 Å². The van der Waals surface area contributed by atoms with Gasteiger partial charge in [-0.15, -0.1) is 0 Å². The number of carboxylic acid groups (broad SMARTS) is 1. The number of rotatable bonds is 9. The number of carboxylic acids is 1. The van der Waals surface area contributed by atoms with E-state index < -0.39 is 17.9 Å². The lowest BCUT2D eigenvalue weighted by atomic mass is 9.98. The van der Waals surface area contributed by atoms with E-state index in [4.69, 9.17) is 32.7 Å². The van der Waals surface area contributed by atoms with E-state index in [2.05, 4.69) is 5.32 Å². The number of nitrogens with one attached hydrogen (secondary N) is 1. The number of amides is 1. The summed E-state index contributed by atoms with van der Waals surface area (Å²) in [5.41, 5.74) is 2.67. The van der Waals surface area contributed by atoms with Crippen LogP contribution in [0.4, 0.5) is 0 Å². The third-order valence-corrected chi connectivity index (χ3v) is 5.73. The van der Waals surface area contributed by atoms with Crippen LogP contribution < -0.4 is 14.8 Å². The Labute approximate surface area is 202 Å². The summed E-state index contributed by atoms with van der Waals surface area (Å²) in [5, 5.41) is 12.5. The lowest BCUT2D eigenvalue weighted by Crippen LogP contribution is -2.38. The van der Waals surface area contributed by atoms with E-state index in [-0.39, 0.29) is 22.0 Å². The summed E-state index contributed by atoms with van der Waals surface area (Å²) in [4.78, 5) is 24.1. The molecular weight excluding hydrogens is 465 g/mol. The van der Waals surface area contributed by atoms with Crippen LogP contribution in [0.15, 0.2) is 60.7 Å². The Morgan fingerprint density at radius 2 is 1.45 bits per heavy atom. The summed E-state index contributed by atoms with van der Waals surface area (Å²) in [5.74, 6) is -0.197. The first-order valence-electron chi connectivity index (χ1n) is 10.1. The number of halogens is 2. The van der Waals surface area contributed by atoms with E-state index in [1.165, 1.54) is 0 Å². The zero-order chi connectivity index (χ0) is 24.0. The van der Waals surface area contributed by atoms with E-state index >= 15 is 0 Å². The lowest BCUT2D eigenvalue weighted by molar-refractivity contribution is -0.137. The smallest absolute Gasteiger partial charge is 0.305 e. The first-order valence-corrected chi connectivity index (χ1v) is 10.9. The van der Waals surface area contributed by atoms with Gasteiger partial charge in [0.05, 0.1) is 41.8 Å². The molecule has 33 heavy (non-hydrogen) atoms. The topological polar surface area (TPSA) is 84.9 Å². The van der Waals surface area contributed by atoms with Gasteiger partial charge in [-0.2, -0.15) is 0 Å². The summed E-state index contributed by atoms with van der Waals surface area (Å²) in [7, 11) is 3.19. The van der Waals surface area contributed by atoms with Gasteiger partial charge in [0.25, 0.3) is 5.91 Å². The lowest BCUT2D eigenvalue weighted by Gasteiger charge is -2.19. The highest BCUT2D eigenvalue weighted by Gasteiger charge is 2.21. The van der Waals surface area contributed by atoms with Crippen LogP contribution in [-0.2, 0) is 11.2 Å². The standard InChI is InChI=1S/C25H23Cl2NO5/c1-32-20-7-4-8-21(33-2)23(20)16-11-9-15(10-12-16)13-17(14-22(29)30)28-25(31)24-18(26)5-3-6-19(24)27/h3-12,17H,13-14H2,1-2H3,(H,28,31)(H,29,30)/t17-/m1/s1. The molecule has 1 amide bonds. The number of benzene rings is 3. The molecule has 0 saturated heterocycles. The fourth-order valence-corrected chi connectivity index (χ4v) is 4.15. The van der Waals surface area contributed by atoms with E-state index in [0.717, 1.165) is 16.7 Å². The van der Waals surface area contributed by atoms with E-state index in [1.54, 1.807) is 32.4 Å². The SMILES string of the molecule is COc1cccc(OC)c1-c1ccc(C[C@H](CC(=O)O)NC(=O)c2c(Cl)cccc2Cl)cc1. The van der Waals surface area contributed by atoms with Crippen molar-refractivity contribution < 1.29 is 24.2 Å². The van der Waals surface area contributed by atoms with Crippen molar-refractivity contribution in [2.45, 2.75) is 18.9 Å². The highest BCUT2D eigenvalue weighted by molar-refractivity contribution is 6.39. The third kappa shape index (κ3) is 5.97. The molecule has 0 aromatic heterocycles. The van der Waals surface area contributed by atoms with Crippen molar-refractivity contribution in [1.82, 2.24) is 5.32 Å². The molecule has 0 spiro atoms. The number of hydrogen-bond acceptors (Lipinski definition) is 4. The highest BCUT2D eigenvalue weighted by atomic mass is 35.5. The fraction of sp³-hybridized carbons (Fsp3) is 0.200. The molecule has 0 fully saturated rings. The second kappa shape index (κ2) is 11.1. The summed E-state index contributed by atoms with van der Waals surface area (Å²) in [6.45, 7) is 0. The van der Waals surface area contributed by atoms with Crippen molar-refractivity contribution in [3.63, 3.8) is 0 Å². The van der Waals surface area contributed by atoms with Gasteiger partial charge in [0.15, 0.2) is 0 Å². The summed E-state index contributed by atoms with van der Waals surface area (Å²) >= 11 is 12.2. The maximum atomic E-state index is 12.7. The van der Waals surface area contributed by atoms with Crippen molar-refractivity contribution in [1.29, 1.82) is 0 Å². The van der Waals surface area contributed by atoms with Crippen LogP contribution in [-0.4, -0.2) is 37.2 Å². The zero-order valence-electron chi connectivity index (χ0n) is 18.1. The van der Waals surface area contributed by atoms with E-state index in [0.29, 0.717) is 17.9 Å². The van der Waals surface area contributed by atoms with Crippen LogP contribution in [0.2, 0.25) is 10.0 Å². The molecule has 3 rings (SSSR count). The second-order valence-corrected chi connectivity index (χ2v) is 8.12. The Balaban J connectivity index is 1.82. The number of hydrogen-bond donors (Lipinski definition) is 2. The monoisotopic (exact) mass is 487 g/mol. The Morgan fingerprint density at radius 1 is 0.909 bits per heavy atom. The molecule has 8 heteroatoms. The van der Waals surface area contributed by atoms with E-state index in [9.17, 15) is 14.7 Å². The maximum absolute atomic E-state index is 12.7. The first-order chi connectivity index (χ1) is 15.8. The molecule has 0 aliphatic heterocycles. The molecule has 6 nitrogen and oxygen atoms in total. The predicted molar refractivity (Wildman–Crippen MR) is 129 cm³/mol. The highest BCUT2D eigenvalue weighted by Crippen LogP contribution is 2.38. The predicted octanol–water partition coefficient (Wildman–Crippen LogP) is 5.49. The molecule has 3 aromatic carbocycles. The number of methoxy groups -OCH3 is 2. The van der Waals surface area contributed by atoms with Crippen LogP contribution in [0.5, 0.6) is 11.5 Å². The van der Waals surface area contributed by atoms with Crippen molar-refractivity contribution in [2.24, 2.45) is 0 Å². The molecule has 0 unspecified atom stereocenters. The van der Waals surface area contributed by atoms with Crippen LogP contribution in [0.25, 0.3) is 11.1 Å². The van der Waals surface area contributed by atoms with Crippen molar-refractivity contribution in [2.75, 3.05) is 14.2 Å². The summed E-state index contributed by atoms with van der Waals surface area (Å²) in [6.07, 6.45) is 0.0549. The van der Waals surface area contributed by atoms with Crippen molar-refractivity contribution >= 4 is 35.1 Å². The molecular formula is C25H23Cl2NO5. The van der Waals surface area contributed by atoms with Crippen LogP contribution >= 0.6 is 23.2 Å². The van der Waals surface area contributed by atoms with Gasteiger partial charge >= 0.3 is 5.97 Å². The Kier molecular flexibility index (Phi) is 8.20. The average Bonchev–Trinajstić information content (AvgIpc) is 2.78. The largest absolute Gasteiger partial charge is 0.496 e. The normalized spacial score (nSPS) is 11.5. The molecule has 3 aromatic rings. The first kappa shape index (κ1) is 24.4. The minimum Gasteiger partial charge on any atom is -0.496 e. The van der Waals surface area contributed by atoms with E-state index in [1.807, 2.05) is 42.5 Å². The Bertz CT molecular complexity index is 1110. The molecule has 0 heterocycles. The Hall–Kier alpha value is -3.22. The van der Waals surface area contributed by atoms with Gasteiger partial charge in [-0.25, -0.2) is 0 Å². The second-order valence-electron chi connectivity index (χ2n) is 7.30. The minimum atomic E-state index is -1.03. The molecule has 0 saturated carbocycles. The number of ether oxygens (including phenoxy) is 2. The van der Waals surface area contributed by atoms with Gasteiger partial charge in [0.2, 0.25) is 0 Å². The number of aliphatic carboxylic acids is 1. The molecule has 0 aliphatic rings. The summed E-state index contributed by atoms with van der Waals surface area (Å²) in [6, 6.07) is 17.2. The van der Waals surface area contributed by atoms with Gasteiger partial charge in [-0.05, 0) is 41.8 Å². The van der Waals surface area contributed by atoms with Gasteiger partial charge in [-0.1, -0.05) is 59.6 Å². The molecule has 0 radical (unpaired) electrons. The van der Waals surface area contributed by atoms with Crippen LogP contribution in [0, 0.1) is 0 Å². The minimum absolute atomic E-state index is 0.120. The molecule has 0 aliphatic carbocycles. The zero-order valence-corrected chi connectivity index (χ0v) is 19.6. The van der Waals surface area contributed by atoms with Gasteiger partial charge < -0.3 is 19.9 Å². The molecule has 2 N–H and O–H groups in total. The van der Waals surface area contributed by atoms with Crippen LogP contribution in [0.3, 0.4) is 0 Å². The van der Waals surface area contributed by atoms with Gasteiger partial charge in [0, 0.05) is 6.04 Å². The van der Waals surface area contributed by atoms with Gasteiger partial charge in [0.1, 0.15) is 11.5 Å². The number of carbonyl (C=O) groups is 2. The molecule has 1 atom stereocenters. The van der Waals surface area contributed by atoms with Crippen molar-refractivity contribution in [3.05, 3.63) is 81.8 Å².